The number of unbranched alkanes of at least 4 members (excludes halogenated alkanes) is 2. The molecule has 0 saturated heterocycles. The Morgan fingerprint density at radius 1 is 0.789 bits per heavy atom. The molecule has 0 atom stereocenters. The quantitative estimate of drug-likeness (QED) is 0.502. The van der Waals surface area contributed by atoms with Crippen molar-refractivity contribution in [3.05, 3.63) is 48.0 Å². The first-order chi connectivity index (χ1) is 9.36. The summed E-state index contributed by atoms with van der Waals surface area (Å²) in [5.41, 5.74) is 5.30. The molecular weight excluding hydrogens is 232 g/mol. The van der Waals surface area contributed by atoms with Crippen LogP contribution < -0.4 is 0 Å². The number of fused-ring (bicyclic) bond motifs is 2. The summed E-state index contributed by atoms with van der Waals surface area (Å²) in [6, 6.07) is 14.5. The molecule has 0 N–H and O–H groups in total. The van der Waals surface area contributed by atoms with Crippen LogP contribution in [0.4, 0.5) is 0 Å². The van der Waals surface area contributed by atoms with Gasteiger partial charge in [0.25, 0.3) is 0 Å². The fourth-order valence-electron chi connectivity index (χ4n) is 2.40. The SMILES string of the molecule is CCCCCc1ccc2nc3ccccc3nc2c1. The van der Waals surface area contributed by atoms with Crippen LogP contribution in [0, 0.1) is 0 Å². The number of para-hydroxylation sites is 2. The highest BCUT2D eigenvalue weighted by atomic mass is 14.8. The zero-order valence-electron chi connectivity index (χ0n) is 11.3. The van der Waals surface area contributed by atoms with Gasteiger partial charge in [-0.2, -0.15) is 0 Å². The van der Waals surface area contributed by atoms with Gasteiger partial charge in [0.2, 0.25) is 0 Å². The highest BCUT2D eigenvalue weighted by Gasteiger charge is 2.02. The second kappa shape index (κ2) is 5.35. The van der Waals surface area contributed by atoms with Gasteiger partial charge in [0.05, 0.1) is 22.1 Å². The summed E-state index contributed by atoms with van der Waals surface area (Å²) >= 11 is 0. The highest BCUT2D eigenvalue weighted by Crippen LogP contribution is 2.18. The van der Waals surface area contributed by atoms with Crippen LogP contribution in [0.5, 0.6) is 0 Å². The number of hydrogen-bond donors (Lipinski definition) is 0. The number of aromatic nitrogens is 2. The zero-order chi connectivity index (χ0) is 13.1. The average Bonchev–Trinajstić information content (AvgIpc) is 2.45. The van der Waals surface area contributed by atoms with Crippen LogP contribution in [0.1, 0.15) is 31.7 Å². The van der Waals surface area contributed by atoms with Crippen molar-refractivity contribution < 1.29 is 0 Å². The molecule has 0 amide bonds. The smallest absolute Gasteiger partial charge is 0.0897 e. The fraction of sp³-hybridized carbons (Fsp3) is 0.294. The number of rotatable bonds is 4. The normalized spacial score (nSPS) is 11.2. The molecule has 0 aliphatic heterocycles. The molecule has 1 heterocycles. The standard InChI is InChI=1S/C17H18N2/c1-2-3-4-7-13-10-11-16-17(12-13)19-15-9-6-5-8-14(15)18-16/h5-6,8-12H,2-4,7H2,1H3. The molecule has 19 heavy (non-hydrogen) atoms. The minimum absolute atomic E-state index is 0.966. The van der Waals surface area contributed by atoms with E-state index in [-0.39, 0.29) is 0 Å². The average molecular weight is 250 g/mol. The molecule has 0 unspecified atom stereocenters. The summed E-state index contributed by atoms with van der Waals surface area (Å²) in [5, 5.41) is 0. The predicted molar refractivity (Wildman–Crippen MR) is 80.3 cm³/mol. The Hall–Kier alpha value is -1.96. The first-order valence-electron chi connectivity index (χ1n) is 7.02. The summed E-state index contributed by atoms with van der Waals surface area (Å²) in [6.07, 6.45) is 4.95. The van der Waals surface area contributed by atoms with Gasteiger partial charge in [-0.15, -0.1) is 0 Å². The molecule has 2 aromatic carbocycles. The predicted octanol–water partition coefficient (Wildman–Crippen LogP) is 4.52. The van der Waals surface area contributed by atoms with Gasteiger partial charge >= 0.3 is 0 Å². The molecule has 0 fully saturated rings. The lowest BCUT2D eigenvalue weighted by molar-refractivity contribution is 0.718. The lowest BCUT2D eigenvalue weighted by Crippen LogP contribution is -1.90. The van der Waals surface area contributed by atoms with Crippen LogP contribution >= 0.6 is 0 Å². The van der Waals surface area contributed by atoms with Gasteiger partial charge in [0.1, 0.15) is 0 Å². The van der Waals surface area contributed by atoms with Crippen molar-refractivity contribution in [1.29, 1.82) is 0 Å². The minimum atomic E-state index is 0.966. The Morgan fingerprint density at radius 2 is 1.47 bits per heavy atom. The van der Waals surface area contributed by atoms with E-state index in [9.17, 15) is 0 Å². The Kier molecular flexibility index (Phi) is 3.41. The van der Waals surface area contributed by atoms with Gasteiger partial charge in [0.15, 0.2) is 0 Å². The third-order valence-corrected chi connectivity index (χ3v) is 3.47. The molecule has 0 radical (unpaired) electrons. The van der Waals surface area contributed by atoms with Gasteiger partial charge in [0, 0.05) is 0 Å². The second-order valence-electron chi connectivity index (χ2n) is 4.99. The molecule has 3 rings (SSSR count). The van der Waals surface area contributed by atoms with Crippen LogP contribution in [0.2, 0.25) is 0 Å². The van der Waals surface area contributed by atoms with E-state index in [0.717, 1.165) is 28.5 Å². The summed E-state index contributed by atoms with van der Waals surface area (Å²) in [6.45, 7) is 2.23. The van der Waals surface area contributed by atoms with Gasteiger partial charge in [-0.25, -0.2) is 9.97 Å². The van der Waals surface area contributed by atoms with Crippen molar-refractivity contribution >= 4 is 22.1 Å². The lowest BCUT2D eigenvalue weighted by Gasteiger charge is -2.04. The van der Waals surface area contributed by atoms with Crippen molar-refractivity contribution in [3.63, 3.8) is 0 Å². The summed E-state index contributed by atoms with van der Waals surface area (Å²) in [5.74, 6) is 0. The molecule has 0 saturated carbocycles. The molecule has 1 aromatic heterocycles. The van der Waals surface area contributed by atoms with Crippen LogP contribution in [0.15, 0.2) is 42.5 Å². The molecule has 3 aromatic rings. The lowest BCUT2D eigenvalue weighted by atomic mass is 10.1. The van der Waals surface area contributed by atoms with Crippen LogP contribution in [0.3, 0.4) is 0 Å². The maximum atomic E-state index is 4.70. The molecule has 0 aliphatic carbocycles. The summed E-state index contributed by atoms with van der Waals surface area (Å²) in [7, 11) is 0. The number of hydrogen-bond acceptors (Lipinski definition) is 2. The van der Waals surface area contributed by atoms with Gasteiger partial charge in [-0.1, -0.05) is 38.0 Å². The van der Waals surface area contributed by atoms with Gasteiger partial charge in [-0.05, 0) is 42.7 Å². The zero-order valence-corrected chi connectivity index (χ0v) is 11.3. The first kappa shape index (κ1) is 12.1. The van der Waals surface area contributed by atoms with E-state index in [2.05, 4.69) is 30.1 Å². The third kappa shape index (κ3) is 2.58. The second-order valence-corrected chi connectivity index (χ2v) is 4.99. The van der Waals surface area contributed by atoms with Crippen LogP contribution in [0.25, 0.3) is 22.1 Å². The fourth-order valence-corrected chi connectivity index (χ4v) is 2.40. The molecule has 0 spiro atoms. The Morgan fingerprint density at radius 3 is 2.21 bits per heavy atom. The monoisotopic (exact) mass is 250 g/mol. The van der Waals surface area contributed by atoms with Crippen LogP contribution in [-0.2, 0) is 6.42 Å². The maximum Gasteiger partial charge on any atom is 0.0897 e. The number of aryl methyl sites for hydroxylation is 1. The van der Waals surface area contributed by atoms with E-state index in [4.69, 9.17) is 4.98 Å². The van der Waals surface area contributed by atoms with Gasteiger partial charge in [-0.3, -0.25) is 0 Å². The molecule has 0 bridgehead atoms. The van der Waals surface area contributed by atoms with E-state index in [1.54, 1.807) is 0 Å². The summed E-state index contributed by atoms with van der Waals surface area (Å²) in [4.78, 5) is 9.36. The molecule has 0 aliphatic rings. The van der Waals surface area contributed by atoms with Crippen molar-refractivity contribution in [2.24, 2.45) is 0 Å². The molecule has 2 nitrogen and oxygen atoms in total. The van der Waals surface area contributed by atoms with E-state index in [1.165, 1.54) is 24.8 Å². The van der Waals surface area contributed by atoms with Crippen molar-refractivity contribution in [2.75, 3.05) is 0 Å². The Labute approximate surface area is 113 Å². The third-order valence-electron chi connectivity index (χ3n) is 3.47. The van der Waals surface area contributed by atoms with Crippen molar-refractivity contribution in [1.82, 2.24) is 9.97 Å². The molecular formula is C17H18N2. The summed E-state index contributed by atoms with van der Waals surface area (Å²) < 4.78 is 0. The van der Waals surface area contributed by atoms with E-state index < -0.39 is 0 Å². The number of nitrogens with zero attached hydrogens (tertiary/aromatic N) is 2. The van der Waals surface area contributed by atoms with E-state index >= 15 is 0 Å². The maximum absolute atomic E-state index is 4.70. The minimum Gasteiger partial charge on any atom is -0.245 e. The van der Waals surface area contributed by atoms with Crippen LogP contribution in [-0.4, -0.2) is 9.97 Å². The van der Waals surface area contributed by atoms with E-state index in [1.807, 2.05) is 24.3 Å². The first-order valence-corrected chi connectivity index (χ1v) is 7.02. The Balaban J connectivity index is 1.99. The Bertz CT molecular complexity index is 704. The largest absolute Gasteiger partial charge is 0.245 e. The van der Waals surface area contributed by atoms with Crippen molar-refractivity contribution in [3.8, 4) is 0 Å². The number of benzene rings is 2. The van der Waals surface area contributed by atoms with Gasteiger partial charge < -0.3 is 0 Å². The van der Waals surface area contributed by atoms with E-state index in [0.29, 0.717) is 0 Å². The van der Waals surface area contributed by atoms with Crippen molar-refractivity contribution in [2.45, 2.75) is 32.6 Å². The highest BCUT2D eigenvalue weighted by molar-refractivity contribution is 5.86. The molecule has 2 heteroatoms. The topological polar surface area (TPSA) is 25.8 Å². The molecule has 96 valence electrons.